The van der Waals surface area contributed by atoms with E-state index in [2.05, 4.69) is 19.7 Å². The molecule has 0 N–H and O–H groups in total. The van der Waals surface area contributed by atoms with Crippen LogP contribution in [0.4, 0.5) is 0 Å². The van der Waals surface area contributed by atoms with Crippen LogP contribution < -0.4 is 0 Å². The fraction of sp³-hybridized carbons (Fsp3) is 0.333. The van der Waals surface area contributed by atoms with Crippen molar-refractivity contribution >= 4 is 0 Å². The van der Waals surface area contributed by atoms with Crippen LogP contribution in [-0.2, 0) is 0 Å². The Morgan fingerprint density at radius 1 is 1.30 bits per heavy atom. The normalized spacial score (nSPS) is 9.30. The van der Waals surface area contributed by atoms with Gasteiger partial charge < -0.3 is 4.90 Å². The highest BCUT2D eigenvalue weighted by atomic mass is 15.1. The van der Waals surface area contributed by atoms with Crippen LogP contribution in [0.5, 0.6) is 0 Å². The van der Waals surface area contributed by atoms with Gasteiger partial charge in [0.05, 0.1) is 0 Å². The van der Waals surface area contributed by atoms with Crippen LogP contribution in [0.2, 0.25) is 0 Å². The molecule has 0 aliphatic carbocycles. The van der Waals surface area contributed by atoms with Crippen molar-refractivity contribution in [3.8, 4) is 0 Å². The number of likely N-dealkylation sites (N-methyl/N-ethyl adjacent to an activating group) is 1. The molecule has 0 aliphatic rings. The summed E-state index contributed by atoms with van der Waals surface area (Å²) in [5, 5.41) is 0. The molecule has 0 atom stereocenters. The van der Waals surface area contributed by atoms with E-state index in [4.69, 9.17) is 0 Å². The van der Waals surface area contributed by atoms with Gasteiger partial charge in [0.2, 0.25) is 0 Å². The first-order chi connectivity index (χ1) is 4.72. The van der Waals surface area contributed by atoms with Crippen LogP contribution in [0.1, 0.15) is 6.92 Å². The van der Waals surface area contributed by atoms with Gasteiger partial charge in [-0.15, -0.1) is 13.2 Å². The van der Waals surface area contributed by atoms with E-state index in [0.717, 1.165) is 5.70 Å². The van der Waals surface area contributed by atoms with Crippen molar-refractivity contribution in [3.63, 3.8) is 0 Å². The zero-order chi connectivity index (χ0) is 8.57. The lowest BCUT2D eigenvalue weighted by atomic mass is 10.4. The van der Waals surface area contributed by atoms with Crippen LogP contribution in [0, 0.1) is 0 Å². The van der Waals surface area contributed by atoms with Gasteiger partial charge in [-0.05, 0) is 13.0 Å². The first kappa shape index (κ1) is 11.8. The summed E-state index contributed by atoms with van der Waals surface area (Å²) in [4.78, 5) is 2.02. The Morgan fingerprint density at radius 2 is 1.70 bits per heavy atom. The molecular formula is C9H17N. The molecule has 0 unspecified atom stereocenters. The number of nitrogens with zero attached hydrogens (tertiary/aromatic N) is 1. The Bertz CT molecular complexity index is 112. The molecule has 0 bridgehead atoms. The SMILES string of the molecule is C=C.C=C/C(=C\C)N(C)C. The number of hydrogen-bond acceptors (Lipinski definition) is 1. The van der Waals surface area contributed by atoms with E-state index in [9.17, 15) is 0 Å². The van der Waals surface area contributed by atoms with Gasteiger partial charge in [-0.25, -0.2) is 0 Å². The van der Waals surface area contributed by atoms with E-state index in [0.29, 0.717) is 0 Å². The molecule has 1 nitrogen and oxygen atoms in total. The van der Waals surface area contributed by atoms with E-state index >= 15 is 0 Å². The predicted molar refractivity (Wildman–Crippen MR) is 48.9 cm³/mol. The summed E-state index contributed by atoms with van der Waals surface area (Å²) in [7, 11) is 3.99. The van der Waals surface area contributed by atoms with Gasteiger partial charge in [-0.2, -0.15) is 0 Å². The van der Waals surface area contributed by atoms with Gasteiger partial charge in [-0.3, -0.25) is 0 Å². The van der Waals surface area contributed by atoms with Crippen LogP contribution in [0.3, 0.4) is 0 Å². The summed E-state index contributed by atoms with van der Waals surface area (Å²) in [5.41, 5.74) is 1.16. The molecule has 58 valence electrons. The molecule has 0 fully saturated rings. The monoisotopic (exact) mass is 139 g/mol. The highest BCUT2D eigenvalue weighted by Crippen LogP contribution is 1.96. The van der Waals surface area contributed by atoms with Gasteiger partial charge in [0.15, 0.2) is 0 Å². The molecule has 0 amide bonds. The van der Waals surface area contributed by atoms with Crippen molar-refractivity contribution in [1.82, 2.24) is 4.90 Å². The van der Waals surface area contributed by atoms with E-state index in [1.54, 1.807) is 0 Å². The molecular weight excluding hydrogens is 122 g/mol. The molecule has 0 rings (SSSR count). The van der Waals surface area contributed by atoms with Crippen LogP contribution >= 0.6 is 0 Å². The molecule has 0 heterocycles. The molecule has 0 saturated carbocycles. The van der Waals surface area contributed by atoms with Crippen LogP contribution in [0.25, 0.3) is 0 Å². The summed E-state index contributed by atoms with van der Waals surface area (Å²) in [6, 6.07) is 0. The van der Waals surface area contributed by atoms with E-state index in [1.807, 2.05) is 38.1 Å². The van der Waals surface area contributed by atoms with E-state index in [1.165, 1.54) is 0 Å². The Balaban J connectivity index is 0. The quantitative estimate of drug-likeness (QED) is 0.419. The lowest BCUT2D eigenvalue weighted by Crippen LogP contribution is -2.07. The summed E-state index contributed by atoms with van der Waals surface area (Å²) >= 11 is 0. The highest BCUT2D eigenvalue weighted by molar-refractivity contribution is 5.12. The van der Waals surface area contributed by atoms with Gasteiger partial charge in [0.25, 0.3) is 0 Å². The fourth-order valence-corrected chi connectivity index (χ4v) is 0.559. The predicted octanol–water partition coefficient (Wildman–Crippen LogP) is 2.44. The van der Waals surface area contributed by atoms with Gasteiger partial charge in [0.1, 0.15) is 0 Å². The Morgan fingerprint density at radius 3 is 1.70 bits per heavy atom. The number of allylic oxidation sites excluding steroid dienone is 2. The molecule has 0 aliphatic heterocycles. The van der Waals surface area contributed by atoms with Crippen LogP contribution in [-0.4, -0.2) is 19.0 Å². The Kier molecular flexibility index (Phi) is 9.44. The number of rotatable bonds is 2. The maximum Gasteiger partial charge on any atom is 0.0311 e. The van der Waals surface area contributed by atoms with Gasteiger partial charge >= 0.3 is 0 Å². The van der Waals surface area contributed by atoms with Crippen molar-refractivity contribution in [2.75, 3.05) is 14.1 Å². The molecule has 10 heavy (non-hydrogen) atoms. The molecule has 0 radical (unpaired) electrons. The Hall–Kier alpha value is -0.980. The van der Waals surface area contributed by atoms with Crippen molar-refractivity contribution in [2.24, 2.45) is 0 Å². The second-order valence-electron chi connectivity index (χ2n) is 1.81. The third kappa shape index (κ3) is 5.16. The lowest BCUT2D eigenvalue weighted by molar-refractivity contribution is 0.529. The summed E-state index contributed by atoms with van der Waals surface area (Å²) in [6.45, 7) is 11.6. The summed E-state index contributed by atoms with van der Waals surface area (Å²) in [6.07, 6.45) is 3.85. The minimum absolute atomic E-state index is 1.16. The smallest absolute Gasteiger partial charge is 0.0311 e. The van der Waals surface area contributed by atoms with E-state index in [-0.39, 0.29) is 0 Å². The van der Waals surface area contributed by atoms with E-state index < -0.39 is 0 Å². The van der Waals surface area contributed by atoms with Gasteiger partial charge in [-0.1, -0.05) is 12.7 Å². The van der Waals surface area contributed by atoms with Gasteiger partial charge in [0, 0.05) is 19.8 Å². The second-order valence-corrected chi connectivity index (χ2v) is 1.81. The third-order valence-corrected chi connectivity index (χ3v) is 1.02. The largest absolute Gasteiger partial charge is 0.378 e. The summed E-state index contributed by atoms with van der Waals surface area (Å²) in [5.74, 6) is 0. The minimum atomic E-state index is 1.16. The maximum atomic E-state index is 3.64. The third-order valence-electron chi connectivity index (χ3n) is 1.02. The van der Waals surface area contributed by atoms with Crippen molar-refractivity contribution in [3.05, 3.63) is 37.6 Å². The zero-order valence-electron chi connectivity index (χ0n) is 7.22. The van der Waals surface area contributed by atoms with Crippen molar-refractivity contribution in [2.45, 2.75) is 6.92 Å². The highest BCUT2D eigenvalue weighted by Gasteiger charge is 1.86. The van der Waals surface area contributed by atoms with Crippen molar-refractivity contribution < 1.29 is 0 Å². The second kappa shape index (κ2) is 8.02. The number of hydrogen-bond donors (Lipinski definition) is 0. The maximum absolute atomic E-state index is 3.64. The molecule has 0 saturated heterocycles. The van der Waals surface area contributed by atoms with Crippen molar-refractivity contribution in [1.29, 1.82) is 0 Å². The average molecular weight is 139 g/mol. The lowest BCUT2D eigenvalue weighted by Gasteiger charge is -2.11. The zero-order valence-corrected chi connectivity index (χ0v) is 7.22. The topological polar surface area (TPSA) is 3.24 Å². The van der Waals surface area contributed by atoms with Crippen LogP contribution in [0.15, 0.2) is 37.6 Å². The first-order valence-corrected chi connectivity index (χ1v) is 3.18. The molecule has 1 heteroatoms. The molecule has 0 spiro atoms. The molecule has 0 aromatic rings. The summed E-state index contributed by atoms with van der Waals surface area (Å²) < 4.78 is 0. The standard InChI is InChI=1S/C7H13N.C2H4/c1-5-7(6-2)8(3)4;1-2/h5-6H,1H2,2-4H3;1-2H2/b7-6+;. The average Bonchev–Trinajstić information content (AvgIpc) is 1.94. The minimum Gasteiger partial charge on any atom is -0.378 e. The molecule has 0 aromatic heterocycles. The first-order valence-electron chi connectivity index (χ1n) is 3.18. The Labute approximate surface area is 64.4 Å². The fourth-order valence-electron chi connectivity index (χ4n) is 0.559. The molecule has 0 aromatic carbocycles.